The van der Waals surface area contributed by atoms with Crippen molar-refractivity contribution in [2.24, 2.45) is 0 Å². The van der Waals surface area contributed by atoms with E-state index in [1.165, 1.54) is 0 Å². The number of hydrogen-bond acceptors (Lipinski definition) is 6. The molecule has 3 fully saturated rings. The Balaban J connectivity index is 1.77. The van der Waals surface area contributed by atoms with Crippen molar-refractivity contribution in [3.05, 3.63) is 0 Å². The molecule has 3 saturated heterocycles. The second-order valence-corrected chi connectivity index (χ2v) is 5.79. The number of fused-ring (bicyclic) bond motifs is 1. The lowest BCUT2D eigenvalue weighted by Gasteiger charge is -2.25. The van der Waals surface area contributed by atoms with Crippen LogP contribution in [0, 0.1) is 0 Å². The van der Waals surface area contributed by atoms with E-state index in [-0.39, 0.29) is 12.1 Å². The van der Waals surface area contributed by atoms with E-state index in [4.69, 9.17) is 23.7 Å². The molecule has 0 N–H and O–H groups in total. The highest BCUT2D eigenvalue weighted by Gasteiger charge is 2.59. The molecule has 0 unspecified atom stereocenters. The standard InChI is InChI=1S/C12H18O6/c1-11(2)14-5-6(16-11)7-8-9(10(13)15-7)18-12(3,4)17-8/h6-9H,5H2,1-4H3/t6-,7+,8+,9-/m0/s1. The van der Waals surface area contributed by atoms with Gasteiger partial charge in [0.15, 0.2) is 23.8 Å². The molecule has 6 heteroatoms. The fourth-order valence-electron chi connectivity index (χ4n) is 2.64. The number of carbonyl (C=O) groups is 1. The van der Waals surface area contributed by atoms with Gasteiger partial charge in [0.05, 0.1) is 6.61 Å². The Morgan fingerprint density at radius 3 is 2.33 bits per heavy atom. The van der Waals surface area contributed by atoms with E-state index in [0.29, 0.717) is 6.61 Å². The molecule has 0 radical (unpaired) electrons. The molecule has 0 aromatic carbocycles. The van der Waals surface area contributed by atoms with Crippen LogP contribution in [0.25, 0.3) is 0 Å². The van der Waals surface area contributed by atoms with Crippen molar-refractivity contribution in [1.82, 2.24) is 0 Å². The van der Waals surface area contributed by atoms with Crippen molar-refractivity contribution in [1.29, 1.82) is 0 Å². The van der Waals surface area contributed by atoms with Crippen molar-refractivity contribution < 1.29 is 28.5 Å². The molecule has 4 atom stereocenters. The molecule has 0 amide bonds. The quantitative estimate of drug-likeness (QED) is 0.641. The third-order valence-corrected chi connectivity index (χ3v) is 3.33. The first-order valence-electron chi connectivity index (χ1n) is 6.15. The Kier molecular flexibility index (Phi) is 2.51. The fourth-order valence-corrected chi connectivity index (χ4v) is 2.64. The first-order chi connectivity index (χ1) is 8.27. The van der Waals surface area contributed by atoms with Gasteiger partial charge < -0.3 is 23.7 Å². The summed E-state index contributed by atoms with van der Waals surface area (Å²) in [5.41, 5.74) is 0. The van der Waals surface area contributed by atoms with Crippen molar-refractivity contribution >= 4 is 5.97 Å². The van der Waals surface area contributed by atoms with Crippen LogP contribution in [0.2, 0.25) is 0 Å². The molecular weight excluding hydrogens is 240 g/mol. The van der Waals surface area contributed by atoms with E-state index < -0.39 is 29.9 Å². The summed E-state index contributed by atoms with van der Waals surface area (Å²) >= 11 is 0. The zero-order chi connectivity index (χ0) is 13.1. The number of esters is 1. The molecule has 3 rings (SSSR count). The van der Waals surface area contributed by atoms with Gasteiger partial charge in [0.2, 0.25) is 0 Å². The molecule has 3 heterocycles. The Bertz CT molecular complexity index is 377. The molecule has 18 heavy (non-hydrogen) atoms. The van der Waals surface area contributed by atoms with Crippen LogP contribution in [-0.2, 0) is 28.5 Å². The normalized spacial score (nSPS) is 45.0. The minimum atomic E-state index is -0.762. The van der Waals surface area contributed by atoms with Crippen LogP contribution >= 0.6 is 0 Å². The highest BCUT2D eigenvalue weighted by atomic mass is 16.8. The Morgan fingerprint density at radius 1 is 1.00 bits per heavy atom. The van der Waals surface area contributed by atoms with Gasteiger partial charge in [-0.3, -0.25) is 0 Å². The Hall–Kier alpha value is -0.690. The predicted octanol–water partition coefficient (Wildman–Crippen LogP) is 0.583. The van der Waals surface area contributed by atoms with Crippen molar-refractivity contribution in [2.75, 3.05) is 6.61 Å². The number of cyclic esters (lactones) is 1. The monoisotopic (exact) mass is 258 g/mol. The van der Waals surface area contributed by atoms with Crippen LogP contribution in [-0.4, -0.2) is 48.6 Å². The van der Waals surface area contributed by atoms with Gasteiger partial charge >= 0.3 is 5.97 Å². The Labute approximate surface area is 105 Å². The molecule has 3 aliphatic rings. The maximum absolute atomic E-state index is 11.7. The molecule has 6 nitrogen and oxygen atoms in total. The van der Waals surface area contributed by atoms with Gasteiger partial charge in [-0.25, -0.2) is 4.79 Å². The molecule has 0 bridgehead atoms. The molecule has 0 aliphatic carbocycles. The number of hydrogen-bond donors (Lipinski definition) is 0. The molecular formula is C12H18O6. The first kappa shape index (κ1) is 12.3. The van der Waals surface area contributed by atoms with E-state index in [0.717, 1.165) is 0 Å². The summed E-state index contributed by atoms with van der Waals surface area (Å²) in [6, 6.07) is 0. The minimum absolute atomic E-state index is 0.309. The molecule has 3 aliphatic heterocycles. The van der Waals surface area contributed by atoms with E-state index >= 15 is 0 Å². The van der Waals surface area contributed by atoms with Gasteiger partial charge in [0.25, 0.3) is 0 Å². The number of rotatable bonds is 1. The fraction of sp³-hybridized carbons (Fsp3) is 0.917. The number of carbonyl (C=O) groups excluding carboxylic acids is 1. The summed E-state index contributed by atoms with van der Waals surface area (Å²) in [5.74, 6) is -1.80. The summed E-state index contributed by atoms with van der Waals surface area (Å²) in [7, 11) is 0. The smallest absolute Gasteiger partial charge is 0.338 e. The van der Waals surface area contributed by atoms with Crippen LogP contribution in [0.5, 0.6) is 0 Å². The maximum Gasteiger partial charge on any atom is 0.338 e. The van der Waals surface area contributed by atoms with Crippen molar-refractivity contribution in [2.45, 2.75) is 63.7 Å². The van der Waals surface area contributed by atoms with Crippen LogP contribution < -0.4 is 0 Å². The topological polar surface area (TPSA) is 63.2 Å². The minimum Gasteiger partial charge on any atom is -0.455 e. The lowest BCUT2D eigenvalue weighted by molar-refractivity contribution is -0.200. The third-order valence-electron chi connectivity index (χ3n) is 3.33. The van der Waals surface area contributed by atoms with E-state index in [9.17, 15) is 4.79 Å². The average molecular weight is 258 g/mol. The first-order valence-corrected chi connectivity index (χ1v) is 6.15. The summed E-state index contributed by atoms with van der Waals surface area (Å²) in [6.07, 6.45) is -1.85. The summed E-state index contributed by atoms with van der Waals surface area (Å²) < 4.78 is 27.8. The highest BCUT2D eigenvalue weighted by Crippen LogP contribution is 2.39. The van der Waals surface area contributed by atoms with Gasteiger partial charge in [-0.15, -0.1) is 0 Å². The largest absolute Gasteiger partial charge is 0.455 e. The summed E-state index contributed by atoms with van der Waals surface area (Å²) in [6.45, 7) is 7.61. The van der Waals surface area contributed by atoms with Gasteiger partial charge in [0, 0.05) is 0 Å². The average Bonchev–Trinajstić information content (AvgIpc) is 2.81. The van der Waals surface area contributed by atoms with E-state index in [1.54, 1.807) is 13.8 Å². The summed E-state index contributed by atoms with van der Waals surface area (Å²) in [4.78, 5) is 11.7. The SMILES string of the molecule is CC1(C)OC[C@@H]([C@H]2OC(=O)[C@H]3OC(C)(C)O[C@H]23)O1. The van der Waals surface area contributed by atoms with Crippen molar-refractivity contribution in [3.63, 3.8) is 0 Å². The van der Waals surface area contributed by atoms with Crippen LogP contribution in [0.4, 0.5) is 0 Å². The van der Waals surface area contributed by atoms with Crippen LogP contribution in [0.15, 0.2) is 0 Å². The molecule has 0 aromatic heterocycles. The highest BCUT2D eigenvalue weighted by molar-refractivity contribution is 5.78. The van der Waals surface area contributed by atoms with Gasteiger partial charge in [-0.05, 0) is 27.7 Å². The van der Waals surface area contributed by atoms with Crippen molar-refractivity contribution in [3.8, 4) is 0 Å². The van der Waals surface area contributed by atoms with Crippen LogP contribution in [0.1, 0.15) is 27.7 Å². The zero-order valence-electron chi connectivity index (χ0n) is 11.0. The second-order valence-electron chi connectivity index (χ2n) is 5.79. The van der Waals surface area contributed by atoms with E-state index in [2.05, 4.69) is 0 Å². The summed E-state index contributed by atoms with van der Waals surface area (Å²) in [5, 5.41) is 0. The number of ether oxygens (including phenoxy) is 5. The van der Waals surface area contributed by atoms with Gasteiger partial charge in [-0.1, -0.05) is 0 Å². The zero-order valence-corrected chi connectivity index (χ0v) is 11.0. The second kappa shape index (κ2) is 3.66. The molecule has 102 valence electrons. The van der Waals surface area contributed by atoms with Gasteiger partial charge in [-0.2, -0.15) is 0 Å². The molecule has 0 aromatic rings. The van der Waals surface area contributed by atoms with E-state index in [1.807, 2.05) is 13.8 Å². The molecule has 0 saturated carbocycles. The molecule has 0 spiro atoms. The third kappa shape index (κ3) is 1.93. The van der Waals surface area contributed by atoms with Gasteiger partial charge in [0.1, 0.15) is 12.2 Å². The maximum atomic E-state index is 11.7. The lowest BCUT2D eigenvalue weighted by atomic mass is 10.1. The Morgan fingerprint density at radius 2 is 1.72 bits per heavy atom. The van der Waals surface area contributed by atoms with Crippen LogP contribution in [0.3, 0.4) is 0 Å². The lowest BCUT2D eigenvalue weighted by Crippen LogP contribution is -2.40. The predicted molar refractivity (Wildman–Crippen MR) is 58.6 cm³/mol.